The standard InChI is InChI=1S/C9H4F6N2O3/c10-8(11,12)4-2-1-3(7(16)18)6(17(19)20)5(4)9(13,14)15/h1-2H,(H2,16,18). The fourth-order valence-electron chi connectivity index (χ4n) is 1.50. The van der Waals surface area contributed by atoms with Crippen LogP contribution in [0.2, 0.25) is 0 Å². The maximum atomic E-state index is 12.7. The third kappa shape index (κ3) is 2.81. The predicted molar refractivity (Wildman–Crippen MR) is 51.6 cm³/mol. The van der Waals surface area contributed by atoms with E-state index >= 15 is 0 Å². The van der Waals surface area contributed by atoms with Crippen LogP contribution in [-0.2, 0) is 12.4 Å². The molecular formula is C9H4F6N2O3. The van der Waals surface area contributed by atoms with E-state index in [0.717, 1.165) is 0 Å². The van der Waals surface area contributed by atoms with Crippen molar-refractivity contribution < 1.29 is 36.1 Å². The number of carbonyl (C=O) groups excluding carboxylic acids is 1. The summed E-state index contributed by atoms with van der Waals surface area (Å²) in [5, 5.41) is 10.6. The number of primary amides is 1. The molecule has 0 aliphatic rings. The molecule has 1 amide bonds. The predicted octanol–water partition coefficient (Wildman–Crippen LogP) is 2.73. The van der Waals surface area contributed by atoms with Crippen molar-refractivity contribution in [2.75, 3.05) is 0 Å². The third-order valence-corrected chi connectivity index (χ3v) is 2.21. The van der Waals surface area contributed by atoms with Crippen LogP contribution in [0.5, 0.6) is 0 Å². The van der Waals surface area contributed by atoms with Gasteiger partial charge in [0, 0.05) is 0 Å². The highest BCUT2D eigenvalue weighted by atomic mass is 19.4. The molecule has 0 saturated carbocycles. The molecule has 2 N–H and O–H groups in total. The first-order chi connectivity index (χ1) is 8.87. The second kappa shape index (κ2) is 4.65. The summed E-state index contributed by atoms with van der Waals surface area (Å²) in [4.78, 5) is 19.7. The zero-order valence-electron chi connectivity index (χ0n) is 9.17. The van der Waals surface area contributed by atoms with E-state index < -0.39 is 45.6 Å². The average Bonchev–Trinajstić information content (AvgIpc) is 2.24. The Labute approximate surface area is 106 Å². The molecule has 20 heavy (non-hydrogen) atoms. The zero-order valence-corrected chi connectivity index (χ0v) is 9.17. The van der Waals surface area contributed by atoms with Gasteiger partial charge in [0.2, 0.25) is 0 Å². The number of rotatable bonds is 2. The van der Waals surface area contributed by atoms with Gasteiger partial charge in [0.15, 0.2) is 0 Å². The normalized spacial score (nSPS) is 12.3. The molecule has 0 fully saturated rings. The number of nitro benzene ring substituents is 1. The van der Waals surface area contributed by atoms with E-state index in [2.05, 4.69) is 5.73 Å². The van der Waals surface area contributed by atoms with Crippen molar-refractivity contribution in [1.29, 1.82) is 0 Å². The smallest absolute Gasteiger partial charge is 0.365 e. The molecule has 1 aromatic rings. The topological polar surface area (TPSA) is 86.2 Å². The summed E-state index contributed by atoms with van der Waals surface area (Å²) in [6.07, 6.45) is -11.2. The van der Waals surface area contributed by atoms with Gasteiger partial charge >= 0.3 is 12.4 Å². The molecule has 5 nitrogen and oxygen atoms in total. The van der Waals surface area contributed by atoms with Crippen molar-refractivity contribution in [3.05, 3.63) is 38.9 Å². The van der Waals surface area contributed by atoms with Crippen LogP contribution in [0.25, 0.3) is 0 Å². The largest absolute Gasteiger partial charge is 0.423 e. The minimum atomic E-state index is -5.68. The molecule has 11 heteroatoms. The number of hydrogen-bond acceptors (Lipinski definition) is 3. The van der Waals surface area contributed by atoms with Crippen LogP contribution < -0.4 is 5.73 Å². The molecule has 1 rings (SSSR count). The van der Waals surface area contributed by atoms with E-state index in [1.54, 1.807) is 0 Å². The summed E-state index contributed by atoms with van der Waals surface area (Å²) in [5.41, 5.74) is -3.45. The Kier molecular flexibility index (Phi) is 3.66. The molecule has 0 aliphatic carbocycles. The van der Waals surface area contributed by atoms with E-state index in [-0.39, 0.29) is 12.1 Å². The Hall–Kier alpha value is -2.33. The van der Waals surface area contributed by atoms with Crippen molar-refractivity contribution >= 4 is 11.6 Å². The van der Waals surface area contributed by atoms with E-state index in [0.29, 0.717) is 0 Å². The fraction of sp³-hybridized carbons (Fsp3) is 0.222. The molecule has 0 atom stereocenters. The minimum absolute atomic E-state index is 0.0735. The molecule has 0 aliphatic heterocycles. The number of halogens is 6. The molecule has 1 aromatic carbocycles. The SMILES string of the molecule is NC(=O)c1ccc(C(F)(F)F)c(C(F)(F)F)c1[N+](=O)[O-]. The Morgan fingerprint density at radius 1 is 1.10 bits per heavy atom. The maximum absolute atomic E-state index is 12.7. The van der Waals surface area contributed by atoms with Crippen molar-refractivity contribution in [2.45, 2.75) is 12.4 Å². The summed E-state index contributed by atoms with van der Waals surface area (Å²) < 4.78 is 75.6. The summed E-state index contributed by atoms with van der Waals surface area (Å²) >= 11 is 0. The Balaban J connectivity index is 3.91. The summed E-state index contributed by atoms with van der Waals surface area (Å²) in [5.74, 6) is -1.64. The lowest BCUT2D eigenvalue weighted by Crippen LogP contribution is -2.22. The van der Waals surface area contributed by atoms with Crippen LogP contribution in [0.15, 0.2) is 12.1 Å². The van der Waals surface area contributed by atoms with Crippen LogP contribution in [0.1, 0.15) is 21.5 Å². The summed E-state index contributed by atoms with van der Waals surface area (Å²) in [7, 11) is 0. The number of amides is 1. The van der Waals surface area contributed by atoms with Crippen molar-refractivity contribution in [2.24, 2.45) is 5.73 Å². The van der Waals surface area contributed by atoms with Crippen molar-refractivity contribution in [3.8, 4) is 0 Å². The molecule has 0 spiro atoms. The molecule has 0 aromatic heterocycles. The van der Waals surface area contributed by atoms with E-state index in [1.807, 2.05) is 0 Å². The summed E-state index contributed by atoms with van der Waals surface area (Å²) in [6.45, 7) is 0. The third-order valence-electron chi connectivity index (χ3n) is 2.21. The van der Waals surface area contributed by atoms with Gasteiger partial charge in [-0.2, -0.15) is 26.3 Å². The average molecular weight is 302 g/mol. The van der Waals surface area contributed by atoms with Crippen LogP contribution in [0.4, 0.5) is 32.0 Å². The Bertz CT molecular complexity index is 578. The van der Waals surface area contributed by atoms with Gasteiger partial charge < -0.3 is 5.73 Å². The van der Waals surface area contributed by atoms with Crippen LogP contribution in [0.3, 0.4) is 0 Å². The summed E-state index contributed by atoms with van der Waals surface area (Å²) in [6, 6.07) is 0.161. The van der Waals surface area contributed by atoms with Gasteiger partial charge in [-0.25, -0.2) is 0 Å². The van der Waals surface area contributed by atoms with E-state index in [9.17, 15) is 41.3 Å². The number of carbonyl (C=O) groups is 1. The lowest BCUT2D eigenvalue weighted by atomic mass is 9.99. The van der Waals surface area contributed by atoms with Crippen molar-refractivity contribution in [3.63, 3.8) is 0 Å². The van der Waals surface area contributed by atoms with Gasteiger partial charge in [0.05, 0.1) is 10.5 Å². The Morgan fingerprint density at radius 3 is 1.90 bits per heavy atom. The first-order valence-electron chi connectivity index (χ1n) is 4.63. The lowest BCUT2D eigenvalue weighted by molar-refractivity contribution is -0.388. The number of nitrogens with two attached hydrogens (primary N) is 1. The van der Waals surface area contributed by atoms with E-state index in [1.165, 1.54) is 0 Å². The zero-order chi connectivity index (χ0) is 15.9. The van der Waals surface area contributed by atoms with Gasteiger partial charge in [-0.3, -0.25) is 14.9 Å². The van der Waals surface area contributed by atoms with Crippen LogP contribution in [-0.4, -0.2) is 10.8 Å². The van der Waals surface area contributed by atoms with Crippen molar-refractivity contribution in [1.82, 2.24) is 0 Å². The number of benzene rings is 1. The number of alkyl halides is 6. The highest BCUT2D eigenvalue weighted by molar-refractivity contribution is 5.97. The quantitative estimate of drug-likeness (QED) is 0.517. The van der Waals surface area contributed by atoms with Gasteiger partial charge in [0.1, 0.15) is 11.1 Å². The molecule has 0 saturated heterocycles. The van der Waals surface area contributed by atoms with Gasteiger partial charge in [-0.1, -0.05) is 0 Å². The molecule has 0 bridgehead atoms. The second-order valence-electron chi connectivity index (χ2n) is 3.50. The van der Waals surface area contributed by atoms with Gasteiger partial charge in [-0.05, 0) is 12.1 Å². The highest BCUT2D eigenvalue weighted by Crippen LogP contribution is 2.45. The molecule has 0 unspecified atom stereocenters. The van der Waals surface area contributed by atoms with Gasteiger partial charge in [0.25, 0.3) is 11.6 Å². The number of nitrogens with zero attached hydrogens (tertiary/aromatic N) is 1. The number of nitro groups is 1. The molecular weight excluding hydrogens is 298 g/mol. The first-order valence-corrected chi connectivity index (χ1v) is 4.63. The molecule has 0 radical (unpaired) electrons. The fourth-order valence-corrected chi connectivity index (χ4v) is 1.50. The lowest BCUT2D eigenvalue weighted by Gasteiger charge is -2.16. The maximum Gasteiger partial charge on any atom is 0.423 e. The van der Waals surface area contributed by atoms with E-state index in [4.69, 9.17) is 0 Å². The van der Waals surface area contributed by atoms with Gasteiger partial charge in [-0.15, -0.1) is 0 Å². The minimum Gasteiger partial charge on any atom is -0.365 e. The monoisotopic (exact) mass is 302 g/mol. The first kappa shape index (κ1) is 15.7. The van der Waals surface area contributed by atoms with Crippen LogP contribution in [0, 0.1) is 10.1 Å². The second-order valence-corrected chi connectivity index (χ2v) is 3.50. The Morgan fingerprint density at radius 2 is 1.60 bits per heavy atom. The van der Waals surface area contributed by atoms with Crippen LogP contribution >= 0.6 is 0 Å². The number of hydrogen-bond donors (Lipinski definition) is 1. The highest BCUT2D eigenvalue weighted by Gasteiger charge is 2.49. The molecule has 0 heterocycles. The molecule has 110 valence electrons.